The Hall–Kier alpha value is -3.74. The number of hydrazone groups is 1. The molecule has 8 heteroatoms. The standard InChI is InChI=1S/C30H25Cl2N3O3/c1-18-29(30(19-8-3-2-4-9-19)22-16-20(31)14-15-24(22)33-18)25-17-26(21-10-5-6-11-23(21)32)35(34-25)27(36)12-7-13-28(37)38/h2-6,8-11,14-16,26H,7,12-13,17H2,1H3,(H,37,38)/t26-/m0/s1. The fourth-order valence-electron chi connectivity index (χ4n) is 5.00. The smallest absolute Gasteiger partial charge is 0.303 e. The summed E-state index contributed by atoms with van der Waals surface area (Å²) < 4.78 is 0. The molecule has 1 amide bonds. The van der Waals surface area contributed by atoms with Gasteiger partial charge in [0.05, 0.1) is 17.3 Å². The number of rotatable bonds is 7. The number of amides is 1. The molecule has 6 nitrogen and oxygen atoms in total. The molecule has 5 rings (SSSR count). The Morgan fingerprint density at radius 2 is 1.71 bits per heavy atom. The highest BCUT2D eigenvalue weighted by atomic mass is 35.5. The van der Waals surface area contributed by atoms with Crippen molar-refractivity contribution in [3.05, 3.63) is 99.7 Å². The molecule has 0 aliphatic carbocycles. The van der Waals surface area contributed by atoms with Crippen molar-refractivity contribution in [2.24, 2.45) is 5.10 Å². The van der Waals surface area contributed by atoms with Crippen LogP contribution in [0, 0.1) is 6.92 Å². The van der Waals surface area contributed by atoms with Gasteiger partial charge in [-0.05, 0) is 48.7 Å². The highest BCUT2D eigenvalue weighted by Gasteiger charge is 2.36. The van der Waals surface area contributed by atoms with Crippen LogP contribution in [-0.4, -0.2) is 32.7 Å². The van der Waals surface area contributed by atoms with Crippen molar-refractivity contribution in [1.82, 2.24) is 9.99 Å². The largest absolute Gasteiger partial charge is 0.481 e. The molecule has 0 bridgehead atoms. The second-order valence-electron chi connectivity index (χ2n) is 9.25. The number of aliphatic carboxylic acids is 1. The van der Waals surface area contributed by atoms with Crippen LogP contribution in [0.5, 0.6) is 0 Å². The van der Waals surface area contributed by atoms with Crippen molar-refractivity contribution in [2.75, 3.05) is 0 Å². The zero-order valence-corrected chi connectivity index (χ0v) is 22.2. The van der Waals surface area contributed by atoms with Gasteiger partial charge in [-0.15, -0.1) is 0 Å². The van der Waals surface area contributed by atoms with Crippen molar-refractivity contribution in [3.63, 3.8) is 0 Å². The van der Waals surface area contributed by atoms with Crippen LogP contribution in [0.2, 0.25) is 10.0 Å². The molecule has 192 valence electrons. The summed E-state index contributed by atoms with van der Waals surface area (Å²) in [5.74, 6) is -1.18. The van der Waals surface area contributed by atoms with Crippen LogP contribution in [0.4, 0.5) is 0 Å². The number of benzene rings is 3. The molecule has 0 fully saturated rings. The van der Waals surface area contributed by atoms with Crippen LogP contribution >= 0.6 is 23.2 Å². The lowest BCUT2D eigenvalue weighted by molar-refractivity contribution is -0.137. The van der Waals surface area contributed by atoms with E-state index in [1.807, 2.05) is 73.7 Å². The van der Waals surface area contributed by atoms with Crippen LogP contribution in [0.1, 0.15) is 48.5 Å². The molecule has 0 saturated heterocycles. The Labute approximate surface area is 230 Å². The van der Waals surface area contributed by atoms with E-state index in [1.54, 1.807) is 6.07 Å². The van der Waals surface area contributed by atoms with Crippen molar-refractivity contribution in [3.8, 4) is 11.1 Å². The summed E-state index contributed by atoms with van der Waals surface area (Å²) in [4.78, 5) is 29.2. The van der Waals surface area contributed by atoms with Gasteiger partial charge in [0.1, 0.15) is 0 Å². The summed E-state index contributed by atoms with van der Waals surface area (Å²) in [6.07, 6.45) is 0.650. The third-order valence-corrected chi connectivity index (χ3v) is 7.27. The van der Waals surface area contributed by atoms with Crippen molar-refractivity contribution in [1.29, 1.82) is 0 Å². The second-order valence-corrected chi connectivity index (χ2v) is 10.1. The molecule has 1 aromatic heterocycles. The molecule has 0 unspecified atom stereocenters. The molecule has 0 radical (unpaired) electrons. The average molecular weight is 546 g/mol. The summed E-state index contributed by atoms with van der Waals surface area (Å²) in [6, 6.07) is 22.6. The van der Waals surface area contributed by atoms with Gasteiger partial charge in [-0.1, -0.05) is 71.7 Å². The number of aryl methyl sites for hydroxylation is 1. The molecule has 3 aromatic carbocycles. The Kier molecular flexibility index (Phi) is 7.45. The van der Waals surface area contributed by atoms with E-state index in [-0.39, 0.29) is 25.2 Å². The first-order chi connectivity index (χ1) is 18.3. The van der Waals surface area contributed by atoms with Gasteiger partial charge in [0.15, 0.2) is 0 Å². The first-order valence-electron chi connectivity index (χ1n) is 12.3. The van der Waals surface area contributed by atoms with E-state index < -0.39 is 12.0 Å². The molecule has 2 heterocycles. The van der Waals surface area contributed by atoms with E-state index in [4.69, 9.17) is 38.4 Å². The number of carboxylic acids is 1. The summed E-state index contributed by atoms with van der Waals surface area (Å²) in [5.41, 5.74) is 5.90. The lowest BCUT2D eigenvalue weighted by Crippen LogP contribution is -2.27. The number of halogens is 2. The zero-order chi connectivity index (χ0) is 26.8. The Morgan fingerprint density at radius 1 is 0.974 bits per heavy atom. The molecule has 0 saturated carbocycles. The van der Waals surface area contributed by atoms with Crippen LogP contribution in [0.15, 0.2) is 77.9 Å². The van der Waals surface area contributed by atoms with Gasteiger partial charge in [0.2, 0.25) is 5.91 Å². The minimum absolute atomic E-state index is 0.0696. The summed E-state index contributed by atoms with van der Waals surface area (Å²) in [6.45, 7) is 1.94. The van der Waals surface area contributed by atoms with Crippen LogP contribution in [-0.2, 0) is 9.59 Å². The highest BCUT2D eigenvalue weighted by molar-refractivity contribution is 6.32. The molecular formula is C30H25Cl2N3O3. The number of carboxylic acid groups (broad SMARTS) is 1. The number of carbonyl (C=O) groups excluding carboxylic acids is 1. The lowest BCUT2D eigenvalue weighted by Gasteiger charge is -2.23. The van der Waals surface area contributed by atoms with E-state index in [2.05, 4.69) is 0 Å². The summed E-state index contributed by atoms with van der Waals surface area (Å²) >= 11 is 13.0. The highest BCUT2D eigenvalue weighted by Crippen LogP contribution is 2.41. The molecule has 0 spiro atoms. The van der Waals surface area contributed by atoms with E-state index in [0.29, 0.717) is 22.2 Å². The summed E-state index contributed by atoms with van der Waals surface area (Å²) in [7, 11) is 0. The lowest BCUT2D eigenvalue weighted by atomic mass is 9.89. The topological polar surface area (TPSA) is 82.9 Å². The number of hydrogen-bond donors (Lipinski definition) is 1. The fraction of sp³-hybridized carbons (Fsp3) is 0.200. The van der Waals surface area contributed by atoms with Gasteiger partial charge in [-0.25, -0.2) is 5.01 Å². The van der Waals surface area contributed by atoms with Gasteiger partial charge in [0.25, 0.3) is 0 Å². The van der Waals surface area contributed by atoms with Gasteiger partial charge < -0.3 is 5.11 Å². The third kappa shape index (κ3) is 5.15. The predicted molar refractivity (Wildman–Crippen MR) is 151 cm³/mol. The van der Waals surface area contributed by atoms with Gasteiger partial charge in [-0.2, -0.15) is 5.10 Å². The fourth-order valence-corrected chi connectivity index (χ4v) is 5.43. The Balaban J connectivity index is 1.67. The van der Waals surface area contributed by atoms with Gasteiger partial charge >= 0.3 is 5.97 Å². The third-order valence-electron chi connectivity index (χ3n) is 6.69. The first-order valence-corrected chi connectivity index (χ1v) is 13.1. The normalized spacial score (nSPS) is 15.1. The molecule has 1 aliphatic heterocycles. The zero-order valence-electron chi connectivity index (χ0n) is 20.7. The monoisotopic (exact) mass is 545 g/mol. The van der Waals surface area contributed by atoms with E-state index >= 15 is 0 Å². The SMILES string of the molecule is Cc1nc2ccc(Cl)cc2c(-c2ccccc2)c1C1=NN(C(=O)CCCC(=O)O)[C@H](c2ccccc2Cl)C1. The van der Waals surface area contributed by atoms with Gasteiger partial charge in [-0.3, -0.25) is 14.6 Å². The summed E-state index contributed by atoms with van der Waals surface area (Å²) in [5, 5.41) is 17.4. The number of pyridine rings is 1. The quantitative estimate of drug-likeness (QED) is 0.261. The molecule has 1 N–H and O–H groups in total. The molecular weight excluding hydrogens is 521 g/mol. The molecule has 1 aliphatic rings. The maximum Gasteiger partial charge on any atom is 0.303 e. The Morgan fingerprint density at radius 3 is 2.45 bits per heavy atom. The molecule has 1 atom stereocenters. The average Bonchev–Trinajstić information content (AvgIpc) is 3.33. The van der Waals surface area contributed by atoms with Crippen molar-refractivity contribution >= 4 is 51.7 Å². The maximum absolute atomic E-state index is 13.3. The van der Waals surface area contributed by atoms with Crippen molar-refractivity contribution < 1.29 is 14.7 Å². The predicted octanol–water partition coefficient (Wildman–Crippen LogP) is 7.45. The minimum atomic E-state index is -0.935. The number of nitrogens with zero attached hydrogens (tertiary/aromatic N) is 3. The molecule has 4 aromatic rings. The minimum Gasteiger partial charge on any atom is -0.481 e. The second kappa shape index (κ2) is 10.9. The van der Waals surface area contributed by atoms with E-state index in [1.165, 1.54) is 5.01 Å². The van der Waals surface area contributed by atoms with Crippen LogP contribution in [0.3, 0.4) is 0 Å². The molecule has 38 heavy (non-hydrogen) atoms. The van der Waals surface area contributed by atoms with Crippen molar-refractivity contribution in [2.45, 2.75) is 38.6 Å². The van der Waals surface area contributed by atoms with E-state index in [0.717, 1.165) is 38.9 Å². The maximum atomic E-state index is 13.3. The number of hydrogen-bond acceptors (Lipinski definition) is 4. The van der Waals surface area contributed by atoms with Crippen LogP contribution in [0.25, 0.3) is 22.0 Å². The number of aromatic nitrogens is 1. The van der Waals surface area contributed by atoms with Gasteiger partial charge in [0, 0.05) is 51.5 Å². The first kappa shape index (κ1) is 25.9. The Bertz CT molecular complexity index is 1570. The number of fused-ring (bicyclic) bond motifs is 1. The van der Waals surface area contributed by atoms with E-state index in [9.17, 15) is 9.59 Å². The van der Waals surface area contributed by atoms with Crippen LogP contribution < -0.4 is 0 Å². The number of carbonyl (C=O) groups is 2.